The average Bonchev–Trinajstić information content (AvgIpc) is 3.37. The lowest BCUT2D eigenvalue weighted by molar-refractivity contribution is -0.132. The Balaban J connectivity index is 1.31. The van der Waals surface area contributed by atoms with E-state index in [4.69, 9.17) is 8.94 Å². The summed E-state index contributed by atoms with van der Waals surface area (Å²) in [5.41, 5.74) is 1.68. The molecule has 4 heterocycles. The highest BCUT2D eigenvalue weighted by Crippen LogP contribution is 2.22. The van der Waals surface area contributed by atoms with E-state index in [1.54, 1.807) is 12.4 Å². The number of nitrogens with zero attached hydrogens (tertiary/aromatic N) is 5. The fourth-order valence-corrected chi connectivity index (χ4v) is 3.32. The zero-order valence-corrected chi connectivity index (χ0v) is 16.8. The van der Waals surface area contributed by atoms with Crippen molar-refractivity contribution in [1.29, 1.82) is 0 Å². The molecule has 1 aliphatic rings. The predicted molar refractivity (Wildman–Crippen MR) is 105 cm³/mol. The summed E-state index contributed by atoms with van der Waals surface area (Å²) in [6, 6.07) is 3.68. The largest absolute Gasteiger partial charge is 0.445 e. The summed E-state index contributed by atoms with van der Waals surface area (Å²) < 4.78 is 11.1. The van der Waals surface area contributed by atoms with E-state index < -0.39 is 0 Å². The maximum absolute atomic E-state index is 12.6. The minimum absolute atomic E-state index is 0.0588. The molecular formula is C21H25N5O3. The Morgan fingerprint density at radius 1 is 1.24 bits per heavy atom. The van der Waals surface area contributed by atoms with Gasteiger partial charge in [0.2, 0.25) is 17.6 Å². The molecule has 8 nitrogen and oxygen atoms in total. The maximum Gasteiger partial charge on any atom is 0.227 e. The molecule has 0 unspecified atom stereocenters. The van der Waals surface area contributed by atoms with Gasteiger partial charge in [0.1, 0.15) is 11.5 Å². The summed E-state index contributed by atoms with van der Waals surface area (Å²) in [4.78, 5) is 27.5. The first-order valence-electron chi connectivity index (χ1n) is 10.1. The molecule has 3 aromatic rings. The Kier molecular flexibility index (Phi) is 5.69. The number of carbonyl (C=O) groups excluding carboxylic acids is 1. The molecule has 0 fully saturated rings. The topological polar surface area (TPSA) is 98.2 Å². The van der Waals surface area contributed by atoms with Gasteiger partial charge in [0.15, 0.2) is 5.89 Å². The Labute approximate surface area is 169 Å². The van der Waals surface area contributed by atoms with Crippen LogP contribution in [0.25, 0.3) is 11.4 Å². The van der Waals surface area contributed by atoms with E-state index in [1.165, 1.54) is 0 Å². The van der Waals surface area contributed by atoms with Crippen LogP contribution in [0.2, 0.25) is 0 Å². The fraction of sp³-hybridized carbons (Fsp3) is 0.476. The van der Waals surface area contributed by atoms with Crippen LogP contribution < -0.4 is 0 Å². The second kappa shape index (κ2) is 8.55. The lowest BCUT2D eigenvalue weighted by atomic mass is 10.1. The van der Waals surface area contributed by atoms with Gasteiger partial charge in [-0.15, -0.1) is 0 Å². The second-order valence-electron chi connectivity index (χ2n) is 7.73. The SMILES string of the molecule is CC(C)CCc1nc2c(o1)CCN(C(=O)CCc1nc(-c3cccnc3)no1)C2. The number of fused-ring (bicyclic) bond motifs is 1. The van der Waals surface area contributed by atoms with Crippen molar-refractivity contribution >= 4 is 5.91 Å². The number of aryl methyl sites for hydroxylation is 2. The third kappa shape index (κ3) is 4.70. The van der Waals surface area contributed by atoms with Gasteiger partial charge in [-0.05, 0) is 24.5 Å². The molecule has 0 N–H and O–H groups in total. The molecule has 152 valence electrons. The number of hydrogen-bond donors (Lipinski definition) is 0. The molecule has 4 rings (SSSR count). The van der Waals surface area contributed by atoms with Crippen LogP contribution in [0.5, 0.6) is 0 Å². The van der Waals surface area contributed by atoms with Crippen LogP contribution in [-0.2, 0) is 30.6 Å². The molecule has 0 aliphatic carbocycles. The maximum atomic E-state index is 12.6. The van der Waals surface area contributed by atoms with Gasteiger partial charge >= 0.3 is 0 Å². The molecule has 0 radical (unpaired) electrons. The van der Waals surface area contributed by atoms with E-state index in [1.807, 2.05) is 17.0 Å². The first-order valence-corrected chi connectivity index (χ1v) is 10.1. The summed E-state index contributed by atoms with van der Waals surface area (Å²) in [5, 5.41) is 3.97. The molecule has 0 spiro atoms. The second-order valence-corrected chi connectivity index (χ2v) is 7.73. The smallest absolute Gasteiger partial charge is 0.227 e. The van der Waals surface area contributed by atoms with Crippen LogP contribution in [0.4, 0.5) is 0 Å². The molecular weight excluding hydrogens is 370 g/mol. The third-order valence-corrected chi connectivity index (χ3v) is 5.00. The van der Waals surface area contributed by atoms with Gasteiger partial charge in [-0.25, -0.2) is 4.98 Å². The van der Waals surface area contributed by atoms with Crippen LogP contribution in [0.15, 0.2) is 33.5 Å². The van der Waals surface area contributed by atoms with Gasteiger partial charge in [0, 0.05) is 50.2 Å². The van der Waals surface area contributed by atoms with Gasteiger partial charge in [-0.3, -0.25) is 9.78 Å². The van der Waals surface area contributed by atoms with Crippen molar-refractivity contribution in [1.82, 2.24) is 25.0 Å². The summed E-state index contributed by atoms with van der Waals surface area (Å²) in [6.07, 6.45) is 6.70. The van der Waals surface area contributed by atoms with Crippen molar-refractivity contribution in [2.75, 3.05) is 6.54 Å². The fourth-order valence-electron chi connectivity index (χ4n) is 3.32. The van der Waals surface area contributed by atoms with Crippen LogP contribution in [0.3, 0.4) is 0 Å². The van der Waals surface area contributed by atoms with Crippen molar-refractivity contribution in [3.8, 4) is 11.4 Å². The molecule has 0 bridgehead atoms. The Hall–Kier alpha value is -3.03. The number of rotatable bonds is 7. The van der Waals surface area contributed by atoms with Crippen molar-refractivity contribution in [2.45, 2.75) is 52.5 Å². The van der Waals surface area contributed by atoms with E-state index in [2.05, 4.69) is 34.0 Å². The normalized spacial score (nSPS) is 13.7. The van der Waals surface area contributed by atoms with Gasteiger partial charge < -0.3 is 13.8 Å². The van der Waals surface area contributed by atoms with Crippen molar-refractivity contribution < 1.29 is 13.7 Å². The first-order chi connectivity index (χ1) is 14.1. The monoisotopic (exact) mass is 395 g/mol. The lowest BCUT2D eigenvalue weighted by Gasteiger charge is -2.25. The van der Waals surface area contributed by atoms with E-state index in [0.29, 0.717) is 50.0 Å². The van der Waals surface area contributed by atoms with E-state index in [-0.39, 0.29) is 5.91 Å². The molecule has 0 aromatic carbocycles. The molecule has 1 amide bonds. The van der Waals surface area contributed by atoms with E-state index >= 15 is 0 Å². The third-order valence-electron chi connectivity index (χ3n) is 5.00. The molecule has 29 heavy (non-hydrogen) atoms. The number of oxazole rings is 1. The zero-order valence-electron chi connectivity index (χ0n) is 16.8. The Morgan fingerprint density at radius 3 is 2.93 bits per heavy atom. The summed E-state index contributed by atoms with van der Waals surface area (Å²) >= 11 is 0. The van der Waals surface area contributed by atoms with Crippen molar-refractivity contribution in [3.05, 3.63) is 47.8 Å². The van der Waals surface area contributed by atoms with E-state index in [9.17, 15) is 4.79 Å². The standard InChI is InChI=1S/C21H25N5O3/c1-14(2)5-6-18-23-16-13-26(11-9-17(16)28-18)20(27)8-7-19-24-21(25-29-19)15-4-3-10-22-12-15/h3-4,10,12,14H,5-9,11,13H2,1-2H3. The van der Waals surface area contributed by atoms with Gasteiger partial charge in [-0.2, -0.15) is 4.98 Å². The highest BCUT2D eigenvalue weighted by Gasteiger charge is 2.25. The van der Waals surface area contributed by atoms with Gasteiger partial charge in [0.25, 0.3) is 0 Å². The highest BCUT2D eigenvalue weighted by atomic mass is 16.5. The van der Waals surface area contributed by atoms with Crippen LogP contribution in [0, 0.1) is 5.92 Å². The quantitative estimate of drug-likeness (QED) is 0.606. The zero-order chi connectivity index (χ0) is 20.2. The minimum atomic E-state index is 0.0588. The predicted octanol–water partition coefficient (Wildman–Crippen LogP) is 3.23. The van der Waals surface area contributed by atoms with Crippen molar-refractivity contribution in [3.63, 3.8) is 0 Å². The molecule has 3 aromatic heterocycles. The number of amides is 1. The number of hydrogen-bond acceptors (Lipinski definition) is 7. The lowest BCUT2D eigenvalue weighted by Crippen LogP contribution is -2.35. The summed E-state index contributed by atoms with van der Waals surface area (Å²) in [6.45, 7) is 5.53. The van der Waals surface area contributed by atoms with Crippen molar-refractivity contribution in [2.24, 2.45) is 5.92 Å². The molecule has 8 heteroatoms. The Morgan fingerprint density at radius 2 is 2.14 bits per heavy atom. The summed E-state index contributed by atoms with van der Waals surface area (Å²) in [5.74, 6) is 3.31. The highest BCUT2D eigenvalue weighted by molar-refractivity contribution is 5.76. The molecule has 1 aliphatic heterocycles. The number of aromatic nitrogens is 4. The number of pyridine rings is 1. The minimum Gasteiger partial charge on any atom is -0.445 e. The van der Waals surface area contributed by atoms with Gasteiger partial charge in [0.05, 0.1) is 6.54 Å². The Bertz CT molecular complexity index is 964. The summed E-state index contributed by atoms with van der Waals surface area (Å²) in [7, 11) is 0. The first kappa shape index (κ1) is 19.3. The van der Waals surface area contributed by atoms with Crippen LogP contribution in [-0.4, -0.2) is 37.5 Å². The van der Waals surface area contributed by atoms with E-state index in [0.717, 1.165) is 35.7 Å². The molecule has 0 saturated carbocycles. The average molecular weight is 395 g/mol. The van der Waals surface area contributed by atoms with Gasteiger partial charge in [-0.1, -0.05) is 19.0 Å². The van der Waals surface area contributed by atoms with Crippen LogP contribution >= 0.6 is 0 Å². The number of carbonyl (C=O) groups is 1. The van der Waals surface area contributed by atoms with Crippen LogP contribution in [0.1, 0.15) is 49.9 Å². The molecule has 0 saturated heterocycles. The molecule has 0 atom stereocenters.